The molecule has 0 aliphatic heterocycles. The van der Waals surface area contributed by atoms with Gasteiger partial charge in [-0.15, -0.1) is 0 Å². The van der Waals surface area contributed by atoms with E-state index in [9.17, 15) is 4.89 Å². The molecule has 0 amide bonds. The van der Waals surface area contributed by atoms with Gasteiger partial charge in [-0.3, -0.25) is 4.98 Å². The van der Waals surface area contributed by atoms with E-state index in [0.29, 0.717) is 24.7 Å². The minimum Gasteiger partial charge on any atom is -0.253 e. The number of nitrogens with zero attached hydrogens (tertiary/aromatic N) is 1. The highest BCUT2D eigenvalue weighted by Crippen LogP contribution is 2.59. The van der Waals surface area contributed by atoms with E-state index in [2.05, 4.69) is 20.9 Å². The van der Waals surface area contributed by atoms with Crippen LogP contribution in [-0.2, 0) is 20.5 Å². The summed E-state index contributed by atoms with van der Waals surface area (Å²) < 4.78 is 10.7. The van der Waals surface area contributed by atoms with Gasteiger partial charge < -0.3 is 0 Å². The van der Waals surface area contributed by atoms with Crippen LogP contribution >= 0.6 is 23.9 Å². The lowest BCUT2D eigenvalue weighted by molar-refractivity contribution is 0.188. The first-order valence-corrected chi connectivity index (χ1v) is 8.42. The molecule has 0 radical (unpaired) electrons. The van der Waals surface area contributed by atoms with Crippen molar-refractivity contribution in [2.24, 2.45) is 0 Å². The maximum absolute atomic E-state index is 10.2. The fraction of sp³-hybridized carbons (Fsp3) is 0.545. The van der Waals surface area contributed by atoms with Gasteiger partial charge in [0.05, 0.1) is 24.6 Å². The molecule has 0 aliphatic carbocycles. The molecule has 0 unspecified atom stereocenters. The zero-order valence-corrected chi connectivity index (χ0v) is 12.6. The Labute approximate surface area is 111 Å². The Morgan fingerprint density at radius 1 is 1.24 bits per heavy atom. The fourth-order valence-corrected chi connectivity index (χ4v) is 3.39. The van der Waals surface area contributed by atoms with Crippen LogP contribution < -0.4 is 0 Å². The molecule has 6 heteroatoms. The summed E-state index contributed by atoms with van der Waals surface area (Å²) in [7, 11) is -2.80. The molecular weight excluding hydrogens is 305 g/mol. The van der Waals surface area contributed by atoms with Crippen LogP contribution in [0, 0.1) is 0 Å². The summed E-state index contributed by atoms with van der Waals surface area (Å²) in [6.07, 6.45) is 0.329. The van der Waals surface area contributed by atoms with E-state index >= 15 is 0 Å². The number of hydrogen-bond donors (Lipinski definition) is 1. The van der Waals surface area contributed by atoms with Crippen LogP contribution in [0.2, 0.25) is 0 Å². The molecule has 1 rings (SSSR count). The summed E-state index contributed by atoms with van der Waals surface area (Å²) in [5, 5.41) is 0.695. The van der Waals surface area contributed by atoms with Crippen molar-refractivity contribution in [2.45, 2.75) is 25.3 Å². The molecule has 0 saturated heterocycles. The molecule has 0 atom stereocenters. The number of hydrogen-bond acceptors (Lipinski definition) is 4. The Balaban J connectivity index is 2.77. The second kappa shape index (κ2) is 7.39. The summed E-state index contributed by atoms with van der Waals surface area (Å²) in [5.41, 5.74) is 1.72. The SMILES string of the molecule is CCO[P+](O)(Cc1cccc(CBr)n1)OCC. The van der Waals surface area contributed by atoms with E-state index in [4.69, 9.17) is 9.05 Å². The highest BCUT2D eigenvalue weighted by molar-refractivity contribution is 9.08. The maximum Gasteiger partial charge on any atom is 0.415 e. The predicted molar refractivity (Wildman–Crippen MR) is 73.0 cm³/mol. The molecule has 96 valence electrons. The minimum atomic E-state index is -2.80. The predicted octanol–water partition coefficient (Wildman–Crippen LogP) is 3.30. The molecule has 0 aliphatic rings. The molecule has 17 heavy (non-hydrogen) atoms. The minimum absolute atomic E-state index is 0.329. The molecule has 1 aromatic rings. The monoisotopic (exact) mass is 322 g/mol. The first-order valence-electron chi connectivity index (χ1n) is 5.54. The molecule has 0 spiro atoms. The molecule has 1 heterocycles. The number of alkyl halides is 1. The summed E-state index contributed by atoms with van der Waals surface area (Å²) in [6.45, 7) is 4.55. The van der Waals surface area contributed by atoms with Crippen molar-refractivity contribution < 1.29 is 13.9 Å². The quantitative estimate of drug-likeness (QED) is 0.618. The summed E-state index contributed by atoms with van der Waals surface area (Å²) in [6, 6.07) is 5.72. The lowest BCUT2D eigenvalue weighted by Gasteiger charge is -2.15. The topological polar surface area (TPSA) is 51.6 Å². The molecule has 0 aromatic carbocycles. The fourth-order valence-electron chi connectivity index (χ4n) is 1.43. The summed E-state index contributed by atoms with van der Waals surface area (Å²) in [5.74, 6) is 0. The average molecular weight is 323 g/mol. The molecule has 4 nitrogen and oxygen atoms in total. The smallest absolute Gasteiger partial charge is 0.253 e. The van der Waals surface area contributed by atoms with Crippen molar-refractivity contribution in [1.29, 1.82) is 0 Å². The van der Waals surface area contributed by atoms with Gasteiger partial charge in [-0.05, 0) is 26.0 Å². The van der Waals surface area contributed by atoms with Crippen LogP contribution in [0.5, 0.6) is 0 Å². The normalized spacial score (nSPS) is 11.8. The van der Waals surface area contributed by atoms with Crippen molar-refractivity contribution in [3.63, 3.8) is 0 Å². The van der Waals surface area contributed by atoms with E-state index in [1.807, 2.05) is 32.0 Å². The Morgan fingerprint density at radius 3 is 2.35 bits per heavy atom. The summed E-state index contributed by atoms with van der Waals surface area (Å²) >= 11 is 3.35. The number of aromatic nitrogens is 1. The van der Waals surface area contributed by atoms with Crippen LogP contribution in [0.3, 0.4) is 0 Å². The summed E-state index contributed by atoms with van der Waals surface area (Å²) in [4.78, 5) is 14.6. The first kappa shape index (κ1) is 15.0. The van der Waals surface area contributed by atoms with Crippen molar-refractivity contribution >= 4 is 23.9 Å². The highest BCUT2D eigenvalue weighted by atomic mass is 79.9. The number of halogens is 1. The maximum atomic E-state index is 10.2. The van der Waals surface area contributed by atoms with Gasteiger partial charge in [0.2, 0.25) is 0 Å². The van der Waals surface area contributed by atoms with Gasteiger partial charge in [-0.2, -0.15) is 13.9 Å². The molecule has 0 saturated carbocycles. The van der Waals surface area contributed by atoms with E-state index < -0.39 is 7.94 Å². The third kappa shape index (κ3) is 4.98. The lowest BCUT2D eigenvalue weighted by Crippen LogP contribution is -2.07. The van der Waals surface area contributed by atoms with Gasteiger partial charge in [0.25, 0.3) is 0 Å². The Morgan fingerprint density at radius 2 is 1.82 bits per heavy atom. The third-order valence-corrected chi connectivity index (χ3v) is 4.65. The van der Waals surface area contributed by atoms with E-state index in [1.54, 1.807) is 0 Å². The van der Waals surface area contributed by atoms with Crippen molar-refractivity contribution in [2.75, 3.05) is 13.2 Å². The zero-order chi connectivity index (χ0) is 12.7. The molecule has 0 fully saturated rings. The van der Waals surface area contributed by atoms with Gasteiger partial charge in [-0.25, -0.2) is 0 Å². The van der Waals surface area contributed by atoms with Crippen molar-refractivity contribution in [1.82, 2.24) is 4.98 Å². The second-order valence-corrected chi connectivity index (χ2v) is 6.05. The van der Waals surface area contributed by atoms with Gasteiger partial charge in [0.15, 0.2) is 6.16 Å². The van der Waals surface area contributed by atoms with E-state index in [1.165, 1.54) is 0 Å². The molecular formula is C11H18BrNO3P+. The van der Waals surface area contributed by atoms with Crippen LogP contribution in [0.15, 0.2) is 18.2 Å². The van der Waals surface area contributed by atoms with E-state index in [-0.39, 0.29) is 0 Å². The number of pyridine rings is 1. The molecule has 1 aromatic heterocycles. The van der Waals surface area contributed by atoms with Gasteiger partial charge in [-0.1, -0.05) is 22.0 Å². The van der Waals surface area contributed by atoms with E-state index in [0.717, 1.165) is 11.4 Å². The van der Waals surface area contributed by atoms with Crippen LogP contribution in [0.1, 0.15) is 25.2 Å². The van der Waals surface area contributed by atoms with Crippen molar-refractivity contribution in [3.05, 3.63) is 29.6 Å². The first-order chi connectivity index (χ1) is 8.13. The molecule has 0 bridgehead atoms. The molecule has 1 N–H and O–H groups in total. The van der Waals surface area contributed by atoms with Crippen molar-refractivity contribution in [3.8, 4) is 0 Å². The van der Waals surface area contributed by atoms with Crippen LogP contribution in [0.25, 0.3) is 0 Å². The standard InChI is InChI=1S/C11H18BrNO3P/c1-3-15-17(14,16-4-2)9-11-7-5-6-10(8-12)13-11/h5-7,14H,3-4,8-9H2,1-2H3/q+1. The van der Waals surface area contributed by atoms with Crippen LogP contribution in [-0.4, -0.2) is 23.1 Å². The highest BCUT2D eigenvalue weighted by Gasteiger charge is 2.40. The van der Waals surface area contributed by atoms with Crippen LogP contribution in [0.4, 0.5) is 0 Å². The lowest BCUT2D eigenvalue weighted by atomic mass is 10.3. The second-order valence-electron chi connectivity index (χ2n) is 3.39. The Bertz CT molecular complexity index is 345. The average Bonchev–Trinajstić information content (AvgIpc) is 2.29. The Hall–Kier alpha value is -0.0600. The van der Waals surface area contributed by atoms with Gasteiger partial charge >= 0.3 is 7.94 Å². The Kier molecular flexibility index (Phi) is 6.52. The third-order valence-electron chi connectivity index (χ3n) is 2.02. The number of rotatable bonds is 7. The van der Waals surface area contributed by atoms with Gasteiger partial charge in [0, 0.05) is 5.33 Å². The largest absolute Gasteiger partial charge is 0.415 e. The zero-order valence-electron chi connectivity index (χ0n) is 10.1. The van der Waals surface area contributed by atoms with Gasteiger partial charge in [0.1, 0.15) is 0 Å².